The molecule has 0 spiro atoms. The fourth-order valence-electron chi connectivity index (χ4n) is 2.31. The Morgan fingerprint density at radius 2 is 1.96 bits per heavy atom. The fraction of sp³-hybridized carbons (Fsp3) is 0.529. The molecule has 0 aliphatic rings. The van der Waals surface area contributed by atoms with Crippen LogP contribution in [0.5, 0.6) is 0 Å². The van der Waals surface area contributed by atoms with Crippen molar-refractivity contribution < 1.29 is 14.3 Å². The quantitative estimate of drug-likeness (QED) is 0.369. The Morgan fingerprint density at radius 1 is 1.24 bits per heavy atom. The van der Waals surface area contributed by atoms with Gasteiger partial charge < -0.3 is 29.8 Å². The number of hydrogen-bond donors (Lipinski definition) is 3. The molecule has 0 amide bonds. The third kappa shape index (κ3) is 5.70. The highest BCUT2D eigenvalue weighted by atomic mass is 16.5. The first-order valence-electron chi connectivity index (χ1n) is 8.23. The number of aliphatic hydroxyl groups is 1. The van der Waals surface area contributed by atoms with Gasteiger partial charge in [-0.2, -0.15) is 0 Å². The minimum Gasteiger partial charge on any atom is -0.467 e. The summed E-state index contributed by atoms with van der Waals surface area (Å²) >= 11 is 0. The van der Waals surface area contributed by atoms with E-state index in [0.29, 0.717) is 18.0 Å². The zero-order valence-electron chi connectivity index (χ0n) is 14.6. The SMILES string of the molecule is CN(C)CCCNc1c(NC[C@H](O)COCc2ccco2)c(=O)c1=O. The average molecular weight is 351 g/mol. The van der Waals surface area contributed by atoms with Crippen LogP contribution in [0.15, 0.2) is 32.4 Å². The van der Waals surface area contributed by atoms with E-state index in [1.807, 2.05) is 19.0 Å². The van der Waals surface area contributed by atoms with E-state index in [2.05, 4.69) is 10.6 Å². The van der Waals surface area contributed by atoms with Crippen molar-refractivity contribution in [3.05, 3.63) is 44.6 Å². The van der Waals surface area contributed by atoms with Gasteiger partial charge in [-0.05, 0) is 39.2 Å². The molecule has 0 aliphatic heterocycles. The molecule has 3 N–H and O–H groups in total. The molecule has 2 rings (SSSR count). The predicted octanol–water partition coefficient (Wildman–Crippen LogP) is 0.229. The molecule has 8 heteroatoms. The van der Waals surface area contributed by atoms with E-state index in [1.165, 1.54) is 0 Å². The molecule has 0 saturated carbocycles. The molecule has 0 aliphatic carbocycles. The third-order valence-corrected chi connectivity index (χ3v) is 3.64. The van der Waals surface area contributed by atoms with Crippen LogP contribution in [-0.4, -0.2) is 56.4 Å². The van der Waals surface area contributed by atoms with E-state index in [0.717, 1.165) is 13.0 Å². The van der Waals surface area contributed by atoms with Crippen LogP contribution in [0.1, 0.15) is 12.2 Å². The Bertz CT molecular complexity index is 704. The van der Waals surface area contributed by atoms with E-state index in [1.54, 1.807) is 18.4 Å². The summed E-state index contributed by atoms with van der Waals surface area (Å²) in [4.78, 5) is 25.3. The topological polar surface area (TPSA) is 104 Å². The van der Waals surface area contributed by atoms with Gasteiger partial charge in [0, 0.05) is 13.1 Å². The first-order valence-corrected chi connectivity index (χ1v) is 8.23. The number of nitrogens with one attached hydrogen (secondary N) is 2. The van der Waals surface area contributed by atoms with Gasteiger partial charge in [-0.25, -0.2) is 0 Å². The Balaban J connectivity index is 1.71. The molecule has 1 heterocycles. The minimum absolute atomic E-state index is 0.0920. The highest BCUT2D eigenvalue weighted by Crippen LogP contribution is 2.14. The highest BCUT2D eigenvalue weighted by molar-refractivity contribution is 5.73. The van der Waals surface area contributed by atoms with Crippen molar-refractivity contribution in [3.63, 3.8) is 0 Å². The molecular weight excluding hydrogens is 326 g/mol. The molecule has 138 valence electrons. The zero-order valence-corrected chi connectivity index (χ0v) is 14.6. The summed E-state index contributed by atoms with van der Waals surface area (Å²) in [6, 6.07) is 3.54. The summed E-state index contributed by atoms with van der Waals surface area (Å²) in [7, 11) is 3.94. The number of furan rings is 1. The van der Waals surface area contributed by atoms with E-state index >= 15 is 0 Å². The lowest BCUT2D eigenvalue weighted by Gasteiger charge is -2.17. The molecule has 25 heavy (non-hydrogen) atoms. The molecule has 0 unspecified atom stereocenters. The maximum atomic E-state index is 11.7. The molecule has 0 radical (unpaired) electrons. The van der Waals surface area contributed by atoms with Crippen LogP contribution in [0.3, 0.4) is 0 Å². The van der Waals surface area contributed by atoms with Gasteiger partial charge >= 0.3 is 0 Å². The smallest absolute Gasteiger partial charge is 0.253 e. The van der Waals surface area contributed by atoms with Crippen molar-refractivity contribution in [3.8, 4) is 0 Å². The number of rotatable bonds is 12. The Kier molecular flexibility index (Phi) is 7.17. The zero-order chi connectivity index (χ0) is 18.2. The second-order valence-electron chi connectivity index (χ2n) is 6.12. The van der Waals surface area contributed by atoms with Crippen LogP contribution >= 0.6 is 0 Å². The lowest BCUT2D eigenvalue weighted by Crippen LogP contribution is -2.39. The van der Waals surface area contributed by atoms with Crippen LogP contribution in [0, 0.1) is 0 Å². The van der Waals surface area contributed by atoms with Crippen LogP contribution in [0.4, 0.5) is 11.4 Å². The van der Waals surface area contributed by atoms with Gasteiger partial charge in [0.1, 0.15) is 23.7 Å². The molecule has 1 aromatic heterocycles. The van der Waals surface area contributed by atoms with Gasteiger partial charge in [0.15, 0.2) is 0 Å². The lowest BCUT2D eigenvalue weighted by molar-refractivity contribution is 0.0282. The molecule has 1 aromatic carbocycles. The van der Waals surface area contributed by atoms with Crippen LogP contribution in [0.2, 0.25) is 0 Å². The van der Waals surface area contributed by atoms with Gasteiger partial charge in [0.2, 0.25) is 0 Å². The second-order valence-corrected chi connectivity index (χ2v) is 6.12. The van der Waals surface area contributed by atoms with Crippen molar-refractivity contribution in [2.75, 3.05) is 51.0 Å². The summed E-state index contributed by atoms with van der Waals surface area (Å²) in [5.74, 6) is 0.673. The number of nitrogens with zero attached hydrogens (tertiary/aromatic N) is 1. The predicted molar refractivity (Wildman–Crippen MR) is 95.9 cm³/mol. The average Bonchev–Trinajstić information content (AvgIpc) is 3.09. The number of ether oxygens (including phenoxy) is 1. The molecule has 8 nitrogen and oxygen atoms in total. The maximum Gasteiger partial charge on any atom is 0.253 e. The van der Waals surface area contributed by atoms with Crippen molar-refractivity contribution in [1.82, 2.24) is 4.90 Å². The molecular formula is C17H25N3O5. The fourth-order valence-corrected chi connectivity index (χ4v) is 2.31. The molecule has 1 atom stereocenters. The van der Waals surface area contributed by atoms with Crippen molar-refractivity contribution in [2.45, 2.75) is 19.1 Å². The Morgan fingerprint density at radius 3 is 2.60 bits per heavy atom. The largest absolute Gasteiger partial charge is 0.467 e. The van der Waals surface area contributed by atoms with E-state index in [9.17, 15) is 14.7 Å². The number of hydrogen-bond acceptors (Lipinski definition) is 8. The van der Waals surface area contributed by atoms with Gasteiger partial charge in [-0.1, -0.05) is 0 Å². The van der Waals surface area contributed by atoms with Crippen LogP contribution in [0.25, 0.3) is 0 Å². The van der Waals surface area contributed by atoms with Crippen LogP contribution in [-0.2, 0) is 11.3 Å². The Labute approximate surface area is 146 Å². The number of aliphatic hydroxyl groups excluding tert-OH is 1. The van der Waals surface area contributed by atoms with E-state index in [4.69, 9.17) is 9.15 Å². The van der Waals surface area contributed by atoms with Gasteiger partial charge in [-0.3, -0.25) is 9.59 Å². The molecule has 0 saturated heterocycles. The number of anilines is 2. The highest BCUT2D eigenvalue weighted by Gasteiger charge is 2.21. The van der Waals surface area contributed by atoms with E-state index < -0.39 is 17.0 Å². The van der Waals surface area contributed by atoms with Gasteiger partial charge in [-0.15, -0.1) is 0 Å². The maximum absolute atomic E-state index is 11.7. The monoisotopic (exact) mass is 351 g/mol. The van der Waals surface area contributed by atoms with Crippen molar-refractivity contribution >= 4 is 11.4 Å². The standard InChI is InChI=1S/C17H25N3O5/c1-20(2)7-4-6-18-14-15(17(23)16(14)22)19-9-12(21)10-24-11-13-5-3-8-25-13/h3,5,8,12,18-19,21H,4,6-7,9-11H2,1-2H3/t12-/m0/s1. The van der Waals surface area contributed by atoms with Crippen LogP contribution < -0.4 is 21.5 Å². The summed E-state index contributed by atoms with van der Waals surface area (Å²) in [5.41, 5.74) is -0.540. The Hall–Kier alpha value is -2.16. The second kappa shape index (κ2) is 9.36. The lowest BCUT2D eigenvalue weighted by atomic mass is 10.1. The minimum atomic E-state index is -0.805. The summed E-state index contributed by atoms with van der Waals surface area (Å²) in [5, 5.41) is 15.7. The summed E-state index contributed by atoms with van der Waals surface area (Å²) < 4.78 is 10.4. The van der Waals surface area contributed by atoms with E-state index in [-0.39, 0.29) is 25.4 Å². The van der Waals surface area contributed by atoms with Gasteiger partial charge in [0.05, 0.1) is 19.0 Å². The van der Waals surface area contributed by atoms with Crippen molar-refractivity contribution in [2.24, 2.45) is 0 Å². The summed E-state index contributed by atoms with van der Waals surface area (Å²) in [6.07, 6.45) is 1.60. The molecule has 2 aromatic rings. The van der Waals surface area contributed by atoms with Crippen molar-refractivity contribution in [1.29, 1.82) is 0 Å². The first-order chi connectivity index (χ1) is 12.0. The first kappa shape index (κ1) is 19.2. The molecule has 0 bridgehead atoms. The van der Waals surface area contributed by atoms with Gasteiger partial charge in [0.25, 0.3) is 10.9 Å². The third-order valence-electron chi connectivity index (χ3n) is 3.64. The summed E-state index contributed by atoms with van der Waals surface area (Å²) in [6.45, 7) is 1.97. The normalized spacial score (nSPS) is 12.6. The molecule has 0 fully saturated rings.